The van der Waals surface area contributed by atoms with Crippen molar-refractivity contribution in [3.63, 3.8) is 0 Å². The number of ether oxygens (including phenoxy) is 2. The summed E-state index contributed by atoms with van der Waals surface area (Å²) < 4.78 is 24.5. The molecular weight excluding hydrogens is 515 g/mol. The van der Waals surface area contributed by atoms with Crippen LogP contribution in [0.3, 0.4) is 0 Å². The van der Waals surface area contributed by atoms with Crippen molar-refractivity contribution in [3.8, 4) is 22.9 Å². The highest BCUT2D eigenvalue weighted by Gasteiger charge is 2.38. The second-order valence-corrected chi connectivity index (χ2v) is 10.4. The molecule has 0 saturated heterocycles. The van der Waals surface area contributed by atoms with Gasteiger partial charge < -0.3 is 19.7 Å². The van der Waals surface area contributed by atoms with Gasteiger partial charge in [-0.2, -0.15) is 4.80 Å². The van der Waals surface area contributed by atoms with E-state index in [4.69, 9.17) is 9.47 Å². The highest BCUT2D eigenvalue weighted by Crippen LogP contribution is 2.33. The molecule has 2 amide bonds. The number of aromatic nitrogens is 4. The van der Waals surface area contributed by atoms with Crippen LogP contribution in [0.4, 0.5) is 4.39 Å². The van der Waals surface area contributed by atoms with E-state index in [1.165, 1.54) is 16.9 Å². The SMILES string of the molecule is COc1ccc(-c2nnn(CC(=O)N(C3CCCC3)[C@H](C(=O)NC3CCCC3)c3ccc(F)cc3)n2)cc1OC. The number of carbonyl (C=O) groups is 2. The topological polar surface area (TPSA) is 111 Å². The predicted octanol–water partition coefficient (Wildman–Crippen LogP) is 4.07. The summed E-state index contributed by atoms with van der Waals surface area (Å²) in [5, 5.41) is 15.8. The second kappa shape index (κ2) is 12.4. The number of rotatable bonds is 10. The maximum Gasteiger partial charge on any atom is 0.247 e. The summed E-state index contributed by atoms with van der Waals surface area (Å²) in [7, 11) is 3.10. The Morgan fingerprint density at radius 2 is 1.68 bits per heavy atom. The Morgan fingerprint density at radius 1 is 1.00 bits per heavy atom. The molecule has 1 heterocycles. The predicted molar refractivity (Wildman–Crippen MR) is 145 cm³/mol. The Kier molecular flexibility index (Phi) is 8.57. The molecule has 10 nitrogen and oxygen atoms in total. The molecule has 0 unspecified atom stereocenters. The number of nitrogens with one attached hydrogen (secondary N) is 1. The average molecular weight is 551 g/mol. The van der Waals surface area contributed by atoms with Crippen LogP contribution < -0.4 is 14.8 Å². The third-order valence-corrected chi connectivity index (χ3v) is 7.79. The van der Waals surface area contributed by atoms with E-state index in [1.54, 1.807) is 49.5 Å². The molecule has 11 heteroatoms. The van der Waals surface area contributed by atoms with Crippen LogP contribution >= 0.6 is 0 Å². The molecular formula is C29H35FN6O4. The molecule has 2 aromatic carbocycles. The molecule has 2 fully saturated rings. The number of hydrogen-bond donors (Lipinski definition) is 1. The first-order chi connectivity index (χ1) is 19.5. The quantitative estimate of drug-likeness (QED) is 0.405. The standard InChI is InChI=1S/C29H35FN6O4/c1-39-24-16-13-20(17-25(24)40-2)28-32-34-35(33-28)18-26(37)36(23-9-5-6-10-23)27(19-11-14-21(30)15-12-19)29(38)31-22-7-3-4-8-22/h11-17,22-23,27H,3-10,18H2,1-2H3,(H,31,38)/t27-/m0/s1. The normalized spacial score (nSPS) is 16.6. The van der Waals surface area contributed by atoms with Gasteiger partial charge in [0.2, 0.25) is 17.6 Å². The first-order valence-corrected chi connectivity index (χ1v) is 13.8. The number of halogens is 1. The van der Waals surface area contributed by atoms with Crippen LogP contribution in [0.5, 0.6) is 11.5 Å². The third-order valence-electron chi connectivity index (χ3n) is 7.79. The van der Waals surface area contributed by atoms with Crippen molar-refractivity contribution in [1.29, 1.82) is 0 Å². The number of tetrazole rings is 1. The molecule has 5 rings (SSSR count). The van der Waals surface area contributed by atoms with E-state index in [9.17, 15) is 14.0 Å². The number of amides is 2. The van der Waals surface area contributed by atoms with E-state index in [-0.39, 0.29) is 30.4 Å². The summed E-state index contributed by atoms with van der Waals surface area (Å²) in [6, 6.07) is 10.2. The van der Waals surface area contributed by atoms with Crippen LogP contribution in [0.25, 0.3) is 11.4 Å². The van der Waals surface area contributed by atoms with Gasteiger partial charge >= 0.3 is 0 Å². The Hall–Kier alpha value is -4.02. The minimum atomic E-state index is -0.884. The Labute approximate surface area is 232 Å². The van der Waals surface area contributed by atoms with Gasteiger partial charge in [-0.3, -0.25) is 9.59 Å². The number of methoxy groups -OCH3 is 2. The van der Waals surface area contributed by atoms with Crippen molar-refractivity contribution in [2.75, 3.05) is 14.2 Å². The molecule has 1 atom stereocenters. The fourth-order valence-electron chi connectivity index (χ4n) is 5.78. The molecule has 40 heavy (non-hydrogen) atoms. The Bertz CT molecular complexity index is 1320. The van der Waals surface area contributed by atoms with Crippen LogP contribution in [0.1, 0.15) is 63.0 Å². The zero-order valence-electron chi connectivity index (χ0n) is 22.9. The Morgan fingerprint density at radius 3 is 2.35 bits per heavy atom. The van der Waals surface area contributed by atoms with Crippen LogP contribution in [0.15, 0.2) is 42.5 Å². The summed E-state index contributed by atoms with van der Waals surface area (Å²) >= 11 is 0. The number of benzene rings is 2. The molecule has 0 aliphatic heterocycles. The third kappa shape index (κ3) is 6.08. The summed E-state index contributed by atoms with van der Waals surface area (Å²) in [5.41, 5.74) is 1.24. The number of nitrogens with zero attached hydrogens (tertiary/aromatic N) is 5. The van der Waals surface area contributed by atoms with Gasteiger partial charge in [0.1, 0.15) is 18.4 Å². The van der Waals surface area contributed by atoms with Crippen LogP contribution in [0, 0.1) is 5.82 Å². The van der Waals surface area contributed by atoms with E-state index >= 15 is 0 Å². The van der Waals surface area contributed by atoms with Crippen molar-refractivity contribution in [2.45, 2.75) is 76.0 Å². The van der Waals surface area contributed by atoms with Gasteiger partial charge in [-0.25, -0.2) is 4.39 Å². The van der Waals surface area contributed by atoms with Gasteiger partial charge in [-0.15, -0.1) is 10.2 Å². The van der Waals surface area contributed by atoms with Crippen molar-refractivity contribution < 1.29 is 23.5 Å². The van der Waals surface area contributed by atoms with Gasteiger partial charge in [0, 0.05) is 17.6 Å². The number of carbonyl (C=O) groups excluding carboxylic acids is 2. The van der Waals surface area contributed by atoms with Crippen molar-refractivity contribution >= 4 is 11.8 Å². The maximum absolute atomic E-state index is 14.0. The smallest absolute Gasteiger partial charge is 0.247 e. The average Bonchev–Trinajstić information content (AvgIpc) is 3.76. The molecule has 2 aliphatic carbocycles. The lowest BCUT2D eigenvalue weighted by molar-refractivity contribution is -0.144. The molecule has 0 radical (unpaired) electrons. The zero-order valence-corrected chi connectivity index (χ0v) is 22.9. The highest BCUT2D eigenvalue weighted by molar-refractivity contribution is 5.89. The molecule has 1 N–H and O–H groups in total. The van der Waals surface area contributed by atoms with Gasteiger partial charge in [0.15, 0.2) is 11.5 Å². The summed E-state index contributed by atoms with van der Waals surface area (Å²) in [6.07, 6.45) is 7.50. The summed E-state index contributed by atoms with van der Waals surface area (Å²) in [4.78, 5) is 30.6. The minimum absolute atomic E-state index is 0.0806. The van der Waals surface area contributed by atoms with Crippen LogP contribution in [-0.4, -0.2) is 63.2 Å². The molecule has 2 aliphatic rings. The van der Waals surface area contributed by atoms with E-state index < -0.39 is 11.9 Å². The lowest BCUT2D eigenvalue weighted by Gasteiger charge is -2.36. The van der Waals surface area contributed by atoms with E-state index in [2.05, 4.69) is 20.7 Å². The van der Waals surface area contributed by atoms with E-state index in [0.29, 0.717) is 28.5 Å². The number of hydrogen-bond acceptors (Lipinski definition) is 7. The zero-order chi connectivity index (χ0) is 28.1. The highest BCUT2D eigenvalue weighted by atomic mass is 19.1. The molecule has 3 aromatic rings. The van der Waals surface area contributed by atoms with Gasteiger partial charge in [-0.05, 0) is 66.8 Å². The fourth-order valence-corrected chi connectivity index (χ4v) is 5.78. The second-order valence-electron chi connectivity index (χ2n) is 10.4. The van der Waals surface area contributed by atoms with Gasteiger partial charge in [-0.1, -0.05) is 37.8 Å². The summed E-state index contributed by atoms with van der Waals surface area (Å²) in [6.45, 7) is -0.189. The van der Waals surface area contributed by atoms with E-state index in [0.717, 1.165) is 51.4 Å². The first-order valence-electron chi connectivity index (χ1n) is 13.8. The van der Waals surface area contributed by atoms with Crippen molar-refractivity contribution in [1.82, 2.24) is 30.4 Å². The van der Waals surface area contributed by atoms with Crippen LogP contribution in [0.2, 0.25) is 0 Å². The molecule has 212 valence electrons. The van der Waals surface area contributed by atoms with Crippen molar-refractivity contribution in [2.24, 2.45) is 0 Å². The molecule has 0 bridgehead atoms. The monoisotopic (exact) mass is 550 g/mol. The summed E-state index contributed by atoms with van der Waals surface area (Å²) in [5.74, 6) is 0.497. The minimum Gasteiger partial charge on any atom is -0.493 e. The van der Waals surface area contributed by atoms with Crippen molar-refractivity contribution in [3.05, 3.63) is 53.8 Å². The fraction of sp³-hybridized carbons (Fsp3) is 0.483. The largest absolute Gasteiger partial charge is 0.493 e. The molecule has 0 spiro atoms. The van der Waals surface area contributed by atoms with Gasteiger partial charge in [0.05, 0.1) is 14.2 Å². The Balaban J connectivity index is 1.42. The van der Waals surface area contributed by atoms with E-state index in [1.807, 2.05) is 0 Å². The first kappa shape index (κ1) is 27.5. The van der Waals surface area contributed by atoms with Crippen LogP contribution in [-0.2, 0) is 16.1 Å². The molecule has 1 aromatic heterocycles. The molecule has 2 saturated carbocycles. The lowest BCUT2D eigenvalue weighted by atomic mass is 10.0. The lowest BCUT2D eigenvalue weighted by Crippen LogP contribution is -2.50. The maximum atomic E-state index is 14.0. The van der Waals surface area contributed by atoms with Gasteiger partial charge in [0.25, 0.3) is 0 Å².